The van der Waals surface area contributed by atoms with Crippen molar-refractivity contribution in [2.24, 2.45) is 5.10 Å². The lowest BCUT2D eigenvalue weighted by molar-refractivity contribution is -0.385. The Morgan fingerprint density at radius 3 is 2.57 bits per heavy atom. The van der Waals surface area contributed by atoms with Crippen LogP contribution in [0.15, 0.2) is 59.7 Å². The maximum absolute atomic E-state index is 11.6. The van der Waals surface area contributed by atoms with Crippen molar-refractivity contribution in [1.29, 1.82) is 0 Å². The molecule has 0 unspecified atom stereocenters. The molecule has 2 aromatic carbocycles. The van der Waals surface area contributed by atoms with E-state index in [4.69, 9.17) is 11.6 Å². The number of carbonyl (C=O) groups excluding carboxylic acids is 1. The number of nitrogens with one attached hydrogen (secondary N) is 1. The maximum Gasteiger partial charge on any atom is 0.278 e. The number of amides is 1. The van der Waals surface area contributed by atoms with Gasteiger partial charge in [-0.25, -0.2) is 5.43 Å². The Hall–Kier alpha value is -2.99. The topological polar surface area (TPSA) is 84.6 Å². The minimum absolute atomic E-state index is 0.0813. The number of halogens is 1. The number of hydrogen-bond donors (Lipinski definition) is 1. The monoisotopic (exact) mass is 329 g/mol. The second-order valence-corrected chi connectivity index (χ2v) is 4.87. The van der Waals surface area contributed by atoms with Crippen LogP contribution in [-0.4, -0.2) is 17.0 Å². The lowest BCUT2D eigenvalue weighted by Crippen LogP contribution is -2.14. The fraction of sp³-hybridized carbons (Fsp3) is 0. The van der Waals surface area contributed by atoms with Gasteiger partial charge >= 0.3 is 0 Å². The highest BCUT2D eigenvalue weighted by atomic mass is 35.5. The van der Waals surface area contributed by atoms with E-state index in [9.17, 15) is 14.9 Å². The molecule has 1 amide bonds. The third-order valence-corrected chi connectivity index (χ3v) is 3.06. The average molecular weight is 330 g/mol. The van der Waals surface area contributed by atoms with E-state index in [0.29, 0.717) is 10.6 Å². The second-order valence-electron chi connectivity index (χ2n) is 4.44. The first-order chi connectivity index (χ1) is 11.1. The van der Waals surface area contributed by atoms with Gasteiger partial charge in [-0.05, 0) is 29.8 Å². The normalized spacial score (nSPS) is 11.0. The van der Waals surface area contributed by atoms with E-state index < -0.39 is 10.8 Å². The summed E-state index contributed by atoms with van der Waals surface area (Å²) in [7, 11) is 0. The second kappa shape index (κ2) is 7.86. The number of benzene rings is 2. The molecule has 0 spiro atoms. The first-order valence-electron chi connectivity index (χ1n) is 6.56. The molecular weight excluding hydrogens is 318 g/mol. The van der Waals surface area contributed by atoms with Crippen LogP contribution in [0.2, 0.25) is 5.02 Å². The van der Waals surface area contributed by atoms with Gasteiger partial charge in [-0.2, -0.15) is 5.10 Å². The number of nitro benzene ring substituents is 1. The highest BCUT2D eigenvalue weighted by Crippen LogP contribution is 2.15. The largest absolute Gasteiger partial charge is 0.278 e. The number of nitro groups is 1. The van der Waals surface area contributed by atoms with E-state index in [1.807, 2.05) is 0 Å². The van der Waals surface area contributed by atoms with Crippen LogP contribution >= 0.6 is 11.6 Å². The van der Waals surface area contributed by atoms with Crippen LogP contribution in [0.5, 0.6) is 0 Å². The molecule has 0 aliphatic rings. The molecule has 23 heavy (non-hydrogen) atoms. The third kappa shape index (κ3) is 5.05. The summed E-state index contributed by atoms with van der Waals surface area (Å²) in [6, 6.07) is 13.1. The Morgan fingerprint density at radius 1 is 1.17 bits per heavy atom. The Morgan fingerprint density at radius 2 is 1.87 bits per heavy atom. The van der Waals surface area contributed by atoms with Gasteiger partial charge in [0.15, 0.2) is 0 Å². The highest BCUT2D eigenvalue weighted by molar-refractivity contribution is 6.30. The Bertz CT molecular complexity index is 770. The summed E-state index contributed by atoms with van der Waals surface area (Å²) in [5.74, 6) is -0.449. The molecule has 0 aromatic heterocycles. The molecule has 1 N–H and O–H groups in total. The fourth-order valence-corrected chi connectivity index (χ4v) is 1.84. The van der Waals surface area contributed by atoms with Gasteiger partial charge in [0, 0.05) is 17.2 Å². The molecule has 0 saturated heterocycles. The molecule has 2 rings (SSSR count). The summed E-state index contributed by atoms with van der Waals surface area (Å²) >= 11 is 5.77. The third-order valence-electron chi connectivity index (χ3n) is 2.81. The van der Waals surface area contributed by atoms with Gasteiger partial charge in [0.1, 0.15) is 0 Å². The zero-order valence-corrected chi connectivity index (χ0v) is 12.6. The fourth-order valence-electron chi connectivity index (χ4n) is 1.71. The van der Waals surface area contributed by atoms with E-state index in [1.165, 1.54) is 24.4 Å². The van der Waals surface area contributed by atoms with Gasteiger partial charge in [0.2, 0.25) is 0 Å². The first-order valence-corrected chi connectivity index (χ1v) is 6.94. The molecule has 0 aliphatic carbocycles. The summed E-state index contributed by atoms with van der Waals surface area (Å²) in [6.07, 6.45) is 4.14. The van der Waals surface area contributed by atoms with Crippen LogP contribution in [0.3, 0.4) is 0 Å². The van der Waals surface area contributed by atoms with E-state index in [0.717, 1.165) is 5.56 Å². The maximum atomic E-state index is 11.6. The van der Waals surface area contributed by atoms with Gasteiger partial charge in [-0.15, -0.1) is 0 Å². The van der Waals surface area contributed by atoms with Crippen LogP contribution < -0.4 is 5.43 Å². The zero-order chi connectivity index (χ0) is 16.7. The van der Waals surface area contributed by atoms with Crippen LogP contribution in [0.4, 0.5) is 5.69 Å². The minimum atomic E-state index is -0.510. The van der Waals surface area contributed by atoms with Gasteiger partial charge in [0.05, 0.1) is 16.7 Å². The van der Waals surface area contributed by atoms with E-state index >= 15 is 0 Å². The number of rotatable bonds is 5. The van der Waals surface area contributed by atoms with E-state index in [1.54, 1.807) is 42.5 Å². The molecule has 0 aliphatic heterocycles. The van der Waals surface area contributed by atoms with Crippen molar-refractivity contribution in [2.45, 2.75) is 0 Å². The molecule has 0 saturated carbocycles. The highest BCUT2D eigenvalue weighted by Gasteiger charge is 2.09. The zero-order valence-electron chi connectivity index (χ0n) is 11.8. The summed E-state index contributed by atoms with van der Waals surface area (Å²) in [5.41, 5.74) is 3.31. The number of hydrazone groups is 1. The van der Waals surface area contributed by atoms with E-state index in [-0.39, 0.29) is 5.69 Å². The Labute approximate surface area is 137 Å². The molecule has 0 radical (unpaired) electrons. The molecule has 2 aromatic rings. The molecule has 116 valence electrons. The number of hydrogen-bond acceptors (Lipinski definition) is 4. The van der Waals surface area contributed by atoms with Gasteiger partial charge < -0.3 is 0 Å². The Kier molecular flexibility index (Phi) is 5.60. The quantitative estimate of drug-likeness (QED) is 0.395. The standard InChI is InChI=1S/C16H12ClN3O3/c17-14-8-5-12(6-9-14)7-10-16(21)19-18-11-13-3-1-2-4-15(13)20(22)23/h1-11H,(H,19,21)/b10-7+,18-11-. The van der Waals surface area contributed by atoms with Crippen LogP contribution in [0, 0.1) is 10.1 Å². The lowest BCUT2D eigenvalue weighted by atomic mass is 10.2. The van der Waals surface area contributed by atoms with Crippen molar-refractivity contribution in [1.82, 2.24) is 5.43 Å². The molecule has 6 nitrogen and oxygen atoms in total. The van der Waals surface area contributed by atoms with Crippen LogP contribution in [0.25, 0.3) is 6.08 Å². The molecule has 0 atom stereocenters. The summed E-state index contributed by atoms with van der Waals surface area (Å²) in [5, 5.41) is 15.2. The van der Waals surface area contributed by atoms with Crippen molar-refractivity contribution < 1.29 is 9.72 Å². The first kappa shape index (κ1) is 16.4. The van der Waals surface area contributed by atoms with Crippen LogP contribution in [-0.2, 0) is 4.79 Å². The van der Waals surface area contributed by atoms with Crippen molar-refractivity contribution in [3.8, 4) is 0 Å². The smallest absolute Gasteiger partial charge is 0.268 e. The average Bonchev–Trinajstić information content (AvgIpc) is 2.54. The molecular formula is C16H12ClN3O3. The van der Waals surface area contributed by atoms with E-state index in [2.05, 4.69) is 10.5 Å². The van der Waals surface area contributed by atoms with Crippen molar-refractivity contribution in [2.75, 3.05) is 0 Å². The predicted molar refractivity (Wildman–Crippen MR) is 89.3 cm³/mol. The molecule has 0 bridgehead atoms. The number of nitrogens with zero attached hydrogens (tertiary/aromatic N) is 2. The molecule has 7 heteroatoms. The van der Waals surface area contributed by atoms with Crippen molar-refractivity contribution >= 4 is 35.5 Å². The SMILES string of the molecule is O=C(/C=C/c1ccc(Cl)cc1)N/N=C\c1ccccc1[N+](=O)[O-]. The summed E-state index contributed by atoms with van der Waals surface area (Å²) in [6.45, 7) is 0. The van der Waals surface area contributed by atoms with Gasteiger partial charge in [-0.1, -0.05) is 35.9 Å². The Balaban J connectivity index is 1.96. The predicted octanol–water partition coefficient (Wildman–Crippen LogP) is 3.41. The molecule has 0 heterocycles. The number of carbonyl (C=O) groups is 1. The molecule has 0 fully saturated rings. The van der Waals surface area contributed by atoms with Gasteiger partial charge in [0.25, 0.3) is 11.6 Å². The number of para-hydroxylation sites is 1. The van der Waals surface area contributed by atoms with Crippen LogP contribution in [0.1, 0.15) is 11.1 Å². The summed E-state index contributed by atoms with van der Waals surface area (Å²) < 4.78 is 0. The minimum Gasteiger partial charge on any atom is -0.268 e. The lowest BCUT2D eigenvalue weighted by Gasteiger charge is -1.97. The summed E-state index contributed by atoms with van der Waals surface area (Å²) in [4.78, 5) is 21.9. The van der Waals surface area contributed by atoms with Crippen molar-refractivity contribution in [3.63, 3.8) is 0 Å². The van der Waals surface area contributed by atoms with Gasteiger partial charge in [-0.3, -0.25) is 14.9 Å². The van der Waals surface area contributed by atoms with Crippen molar-refractivity contribution in [3.05, 3.63) is 80.9 Å².